The van der Waals surface area contributed by atoms with Crippen LogP contribution in [0.15, 0.2) is 188 Å². The van der Waals surface area contributed by atoms with Crippen LogP contribution in [0.3, 0.4) is 0 Å². The van der Waals surface area contributed by atoms with Gasteiger partial charge >= 0.3 is 0 Å². The van der Waals surface area contributed by atoms with Gasteiger partial charge < -0.3 is 9.13 Å². The van der Waals surface area contributed by atoms with Crippen LogP contribution in [0.1, 0.15) is 0 Å². The molecule has 0 saturated heterocycles. The molecule has 266 valence electrons. The summed E-state index contributed by atoms with van der Waals surface area (Å²) >= 11 is 1.82. The van der Waals surface area contributed by atoms with E-state index in [9.17, 15) is 0 Å². The monoisotopic (exact) mass is 745 g/mol. The van der Waals surface area contributed by atoms with E-state index in [0.717, 1.165) is 28.1 Å². The lowest BCUT2D eigenvalue weighted by molar-refractivity contribution is 1.07. The summed E-state index contributed by atoms with van der Waals surface area (Å²) in [7, 11) is 0. The van der Waals surface area contributed by atoms with Gasteiger partial charge in [-0.15, -0.1) is 11.3 Å². The molecule has 0 unspecified atom stereocenters. The number of hydrogen-bond acceptors (Lipinski definition) is 4. The van der Waals surface area contributed by atoms with Crippen LogP contribution in [0.4, 0.5) is 0 Å². The molecule has 0 atom stereocenters. The number of hydrogen-bond donors (Lipinski definition) is 0. The molecule has 0 aliphatic carbocycles. The second kappa shape index (κ2) is 12.6. The molecule has 12 rings (SSSR count). The normalized spacial score (nSPS) is 11.9. The summed E-state index contributed by atoms with van der Waals surface area (Å²) in [5.41, 5.74) is 9.93. The lowest BCUT2D eigenvalue weighted by atomic mass is 10.1. The maximum Gasteiger partial charge on any atom is 0.164 e. The Kier molecular flexibility index (Phi) is 7.03. The van der Waals surface area contributed by atoms with Crippen LogP contribution in [0.2, 0.25) is 0 Å². The molecule has 4 heterocycles. The Morgan fingerprint density at radius 2 is 0.877 bits per heavy atom. The summed E-state index contributed by atoms with van der Waals surface area (Å²) in [6.07, 6.45) is 0. The van der Waals surface area contributed by atoms with Gasteiger partial charge in [0.25, 0.3) is 0 Å². The summed E-state index contributed by atoms with van der Waals surface area (Å²) in [6, 6.07) is 66.7. The zero-order valence-electron chi connectivity index (χ0n) is 30.5. The van der Waals surface area contributed by atoms with Crippen molar-refractivity contribution >= 4 is 75.1 Å². The van der Waals surface area contributed by atoms with Crippen LogP contribution in [0.25, 0.3) is 109 Å². The van der Waals surface area contributed by atoms with E-state index in [1.807, 2.05) is 72.0 Å². The van der Waals surface area contributed by atoms with E-state index in [1.165, 1.54) is 63.8 Å². The van der Waals surface area contributed by atoms with E-state index in [-0.39, 0.29) is 0 Å². The molecule has 6 heteroatoms. The number of thiophene rings is 1. The van der Waals surface area contributed by atoms with Crippen molar-refractivity contribution in [1.82, 2.24) is 24.1 Å². The van der Waals surface area contributed by atoms with Crippen molar-refractivity contribution in [3.63, 3.8) is 0 Å². The van der Waals surface area contributed by atoms with Gasteiger partial charge in [-0.3, -0.25) is 0 Å². The average molecular weight is 746 g/mol. The summed E-state index contributed by atoms with van der Waals surface area (Å²) in [4.78, 5) is 14.9. The van der Waals surface area contributed by atoms with Crippen LogP contribution in [0, 0.1) is 0 Å². The minimum Gasteiger partial charge on any atom is -0.307 e. The molecule has 0 radical (unpaired) electrons. The van der Waals surface area contributed by atoms with Crippen LogP contribution in [-0.2, 0) is 0 Å². The van der Waals surface area contributed by atoms with Gasteiger partial charge in [-0.2, -0.15) is 0 Å². The average Bonchev–Trinajstić information content (AvgIpc) is 3.93. The van der Waals surface area contributed by atoms with Gasteiger partial charge in [-0.05, 0) is 48.5 Å². The van der Waals surface area contributed by atoms with Crippen LogP contribution >= 0.6 is 11.3 Å². The molecular weight excluding hydrogens is 715 g/mol. The Balaban J connectivity index is 1.09. The van der Waals surface area contributed by atoms with E-state index < -0.39 is 0 Å². The van der Waals surface area contributed by atoms with Crippen LogP contribution < -0.4 is 0 Å². The van der Waals surface area contributed by atoms with Crippen molar-refractivity contribution in [2.75, 3.05) is 0 Å². The van der Waals surface area contributed by atoms with Crippen LogP contribution in [-0.4, -0.2) is 24.1 Å². The lowest BCUT2D eigenvalue weighted by Gasteiger charge is -2.14. The van der Waals surface area contributed by atoms with Gasteiger partial charge in [0.1, 0.15) is 0 Å². The van der Waals surface area contributed by atoms with Crippen molar-refractivity contribution in [2.24, 2.45) is 0 Å². The Morgan fingerprint density at radius 1 is 0.333 bits per heavy atom. The number of rotatable bonds is 5. The van der Waals surface area contributed by atoms with Crippen LogP contribution in [0.5, 0.6) is 0 Å². The topological polar surface area (TPSA) is 48.5 Å². The third kappa shape index (κ3) is 4.98. The first-order valence-corrected chi connectivity index (χ1v) is 19.9. The minimum atomic E-state index is 0.659. The molecular formula is C51H31N5S. The third-order valence-corrected chi connectivity index (χ3v) is 12.3. The van der Waals surface area contributed by atoms with Crippen molar-refractivity contribution in [1.29, 1.82) is 0 Å². The molecule has 0 fully saturated rings. The van der Waals surface area contributed by atoms with E-state index in [2.05, 4.69) is 137 Å². The van der Waals surface area contributed by atoms with Gasteiger partial charge in [0, 0.05) is 64.1 Å². The van der Waals surface area contributed by atoms with Crippen molar-refractivity contribution in [3.8, 4) is 45.5 Å². The predicted molar refractivity (Wildman–Crippen MR) is 238 cm³/mol. The van der Waals surface area contributed by atoms with Crippen molar-refractivity contribution < 1.29 is 0 Å². The number of fused-ring (bicyclic) bond motifs is 9. The molecule has 5 nitrogen and oxygen atoms in total. The van der Waals surface area contributed by atoms with E-state index >= 15 is 0 Å². The van der Waals surface area contributed by atoms with Gasteiger partial charge in [0.05, 0.1) is 27.8 Å². The first-order valence-electron chi connectivity index (χ1n) is 19.1. The summed E-state index contributed by atoms with van der Waals surface area (Å²) in [5, 5.41) is 7.42. The molecule has 0 amide bonds. The number of para-hydroxylation sites is 4. The molecule has 8 aromatic carbocycles. The van der Waals surface area contributed by atoms with Crippen molar-refractivity contribution in [2.45, 2.75) is 0 Å². The highest BCUT2D eigenvalue weighted by molar-refractivity contribution is 7.25. The number of nitrogens with zero attached hydrogens (tertiary/aromatic N) is 5. The second-order valence-corrected chi connectivity index (χ2v) is 15.5. The highest BCUT2D eigenvalue weighted by Gasteiger charge is 2.22. The fraction of sp³-hybridized carbons (Fsp3) is 0. The largest absolute Gasteiger partial charge is 0.307 e. The zero-order chi connectivity index (χ0) is 37.5. The SMILES string of the molecule is c1ccc(-c2nc(-c3ccccc3)nc(-c3ccc4c(c3)sc3cc5c(cc34)c3cccc(-n4c6ccccc6c6ccccc64)c3n5-c3ccccc3)n2)cc1. The molecule has 0 aliphatic heterocycles. The fourth-order valence-electron chi connectivity index (χ4n) is 8.60. The Bertz CT molecular complexity index is 3400. The van der Waals surface area contributed by atoms with Gasteiger partial charge in [0.15, 0.2) is 17.5 Å². The first kappa shape index (κ1) is 31.9. The minimum absolute atomic E-state index is 0.659. The smallest absolute Gasteiger partial charge is 0.164 e. The van der Waals surface area contributed by atoms with E-state index in [4.69, 9.17) is 15.0 Å². The Morgan fingerprint density at radius 3 is 1.53 bits per heavy atom. The first-order chi connectivity index (χ1) is 28.3. The molecule has 0 N–H and O–H groups in total. The van der Waals surface area contributed by atoms with E-state index in [0.29, 0.717) is 17.5 Å². The second-order valence-electron chi connectivity index (χ2n) is 14.4. The molecule has 0 spiro atoms. The third-order valence-electron chi connectivity index (χ3n) is 11.2. The van der Waals surface area contributed by atoms with Gasteiger partial charge in [0.2, 0.25) is 0 Å². The molecule has 0 saturated carbocycles. The predicted octanol–water partition coefficient (Wildman–Crippen LogP) is 13.4. The fourth-order valence-corrected chi connectivity index (χ4v) is 9.76. The number of benzene rings is 8. The Labute approximate surface area is 331 Å². The standard InChI is InChI=1S/C51H31N5S/c1-4-15-32(16-5-1)49-52-50(33-17-6-2-7-18-33)54-51(53-49)34-27-28-38-41-30-40-39-23-14-26-44(56-42-24-12-10-21-36(42)37-22-11-13-25-43(37)56)48(39)55(35-19-8-3-9-20-35)45(40)31-47(41)57-46(38)29-34/h1-31H. The molecule has 12 aromatic rings. The van der Waals surface area contributed by atoms with E-state index in [1.54, 1.807) is 0 Å². The van der Waals surface area contributed by atoms with Gasteiger partial charge in [-0.1, -0.05) is 140 Å². The number of aromatic nitrogens is 5. The quantitative estimate of drug-likeness (QED) is 0.176. The Hall–Kier alpha value is -7.41. The summed E-state index contributed by atoms with van der Waals surface area (Å²) in [6.45, 7) is 0. The highest BCUT2D eigenvalue weighted by Crippen LogP contribution is 2.44. The summed E-state index contributed by atoms with van der Waals surface area (Å²) in [5.74, 6) is 1.98. The highest BCUT2D eigenvalue weighted by atomic mass is 32.1. The molecule has 0 bridgehead atoms. The maximum atomic E-state index is 5.02. The molecule has 4 aromatic heterocycles. The van der Waals surface area contributed by atoms with Crippen molar-refractivity contribution in [3.05, 3.63) is 188 Å². The maximum absolute atomic E-state index is 5.02. The molecule has 0 aliphatic rings. The summed E-state index contributed by atoms with van der Waals surface area (Å²) < 4.78 is 7.33. The van der Waals surface area contributed by atoms with Gasteiger partial charge in [-0.25, -0.2) is 15.0 Å². The molecule has 57 heavy (non-hydrogen) atoms. The lowest BCUT2D eigenvalue weighted by Crippen LogP contribution is -2.00. The zero-order valence-corrected chi connectivity index (χ0v) is 31.4.